The van der Waals surface area contributed by atoms with Crippen molar-refractivity contribution >= 4 is 21.8 Å². The van der Waals surface area contributed by atoms with Crippen molar-refractivity contribution in [3.05, 3.63) is 0 Å². The summed E-state index contributed by atoms with van der Waals surface area (Å²) in [6.45, 7) is 1.20. The van der Waals surface area contributed by atoms with Gasteiger partial charge in [-0.2, -0.15) is 17.0 Å². The van der Waals surface area contributed by atoms with Crippen molar-refractivity contribution in [2.45, 2.75) is 51.0 Å². The van der Waals surface area contributed by atoms with E-state index in [1.54, 1.807) is 11.4 Å². The average Bonchev–Trinajstić information content (AvgIpc) is 3.04. The maximum atomic E-state index is 12.6. The molecule has 1 saturated carbocycles. The van der Waals surface area contributed by atoms with Gasteiger partial charge in [0.25, 0.3) is 10.2 Å². The van der Waals surface area contributed by atoms with Gasteiger partial charge in [-0.25, -0.2) is 0 Å². The van der Waals surface area contributed by atoms with Gasteiger partial charge in [-0.3, -0.25) is 0 Å². The van der Waals surface area contributed by atoms with Crippen LogP contribution in [0.2, 0.25) is 0 Å². The second-order valence-electron chi connectivity index (χ2n) is 5.74. The molecule has 0 bridgehead atoms. The zero-order valence-corrected chi connectivity index (χ0v) is 13.3. The van der Waals surface area contributed by atoms with Crippen LogP contribution in [0, 0.1) is 5.92 Å². The molecule has 4 nitrogen and oxygen atoms in total. The SMILES string of the molecule is CN(CCCCl)S(=O)(=O)N1CCCC1C1CCCC1. The van der Waals surface area contributed by atoms with Crippen LogP contribution in [0.5, 0.6) is 0 Å². The highest BCUT2D eigenvalue weighted by Gasteiger charge is 2.41. The first-order valence-corrected chi connectivity index (χ1v) is 9.29. The summed E-state index contributed by atoms with van der Waals surface area (Å²) in [5, 5.41) is 0. The molecule has 1 saturated heterocycles. The highest BCUT2D eigenvalue weighted by molar-refractivity contribution is 7.86. The third-order valence-electron chi connectivity index (χ3n) is 4.49. The van der Waals surface area contributed by atoms with Crippen molar-refractivity contribution in [2.24, 2.45) is 5.92 Å². The summed E-state index contributed by atoms with van der Waals surface area (Å²) in [5.74, 6) is 1.09. The molecule has 1 heterocycles. The fourth-order valence-corrected chi connectivity index (χ4v) is 5.26. The summed E-state index contributed by atoms with van der Waals surface area (Å²) in [7, 11) is -1.62. The summed E-state index contributed by atoms with van der Waals surface area (Å²) in [6.07, 6.45) is 7.66. The molecule has 6 heteroatoms. The molecule has 0 N–H and O–H groups in total. The molecule has 0 aromatic heterocycles. The summed E-state index contributed by atoms with van der Waals surface area (Å²) < 4.78 is 28.5. The van der Waals surface area contributed by atoms with Gasteiger partial charge < -0.3 is 0 Å². The molecule has 19 heavy (non-hydrogen) atoms. The molecule has 1 aliphatic carbocycles. The molecule has 0 radical (unpaired) electrons. The predicted octanol–water partition coefficient (Wildman–Crippen LogP) is 2.45. The Kier molecular flexibility index (Phi) is 5.52. The van der Waals surface area contributed by atoms with Crippen molar-refractivity contribution in [2.75, 3.05) is 26.0 Å². The van der Waals surface area contributed by atoms with Crippen LogP contribution < -0.4 is 0 Å². The quantitative estimate of drug-likeness (QED) is 0.707. The van der Waals surface area contributed by atoms with Crippen molar-refractivity contribution in [1.29, 1.82) is 0 Å². The normalized spacial score (nSPS) is 26.6. The number of rotatable bonds is 6. The van der Waals surface area contributed by atoms with E-state index in [1.165, 1.54) is 30.0 Å². The lowest BCUT2D eigenvalue weighted by molar-refractivity contribution is 0.270. The fourth-order valence-electron chi connectivity index (χ4n) is 3.44. The van der Waals surface area contributed by atoms with Gasteiger partial charge in [-0.1, -0.05) is 12.8 Å². The third kappa shape index (κ3) is 3.43. The number of hydrogen-bond donors (Lipinski definition) is 0. The summed E-state index contributed by atoms with van der Waals surface area (Å²) in [6, 6.07) is 0.242. The number of halogens is 1. The monoisotopic (exact) mass is 308 g/mol. The van der Waals surface area contributed by atoms with Gasteiger partial charge in [-0.05, 0) is 38.0 Å². The van der Waals surface area contributed by atoms with E-state index in [1.807, 2.05) is 0 Å². The Bertz CT molecular complexity index is 382. The Balaban J connectivity index is 2.05. The van der Waals surface area contributed by atoms with Crippen LogP contribution >= 0.6 is 11.6 Å². The van der Waals surface area contributed by atoms with Crippen LogP contribution in [-0.4, -0.2) is 49.1 Å². The maximum absolute atomic E-state index is 12.6. The first-order valence-electron chi connectivity index (χ1n) is 7.36. The Hall–Kier alpha value is 0.160. The molecule has 1 aliphatic heterocycles. The van der Waals surface area contributed by atoms with Crippen molar-refractivity contribution < 1.29 is 8.42 Å². The van der Waals surface area contributed by atoms with Gasteiger partial charge in [0, 0.05) is 32.1 Å². The molecule has 0 spiro atoms. The van der Waals surface area contributed by atoms with E-state index in [4.69, 9.17) is 11.6 Å². The second kappa shape index (κ2) is 6.74. The second-order valence-corrected chi connectivity index (χ2v) is 8.10. The zero-order valence-electron chi connectivity index (χ0n) is 11.7. The van der Waals surface area contributed by atoms with Crippen LogP contribution in [-0.2, 0) is 10.2 Å². The van der Waals surface area contributed by atoms with Crippen LogP contribution in [0.25, 0.3) is 0 Å². The van der Waals surface area contributed by atoms with Crippen molar-refractivity contribution in [1.82, 2.24) is 8.61 Å². The Morgan fingerprint density at radius 1 is 1.21 bits per heavy atom. The molecule has 112 valence electrons. The lowest BCUT2D eigenvalue weighted by Crippen LogP contribution is -2.46. The Labute approximate surface area is 122 Å². The lowest BCUT2D eigenvalue weighted by atomic mass is 9.97. The number of hydrogen-bond acceptors (Lipinski definition) is 2. The van der Waals surface area contributed by atoms with E-state index in [0.29, 0.717) is 31.3 Å². The van der Waals surface area contributed by atoms with Gasteiger partial charge in [-0.15, -0.1) is 11.6 Å². The molecule has 2 aliphatic rings. The molecule has 2 fully saturated rings. The van der Waals surface area contributed by atoms with Crippen LogP contribution in [0.1, 0.15) is 44.9 Å². The Morgan fingerprint density at radius 3 is 2.53 bits per heavy atom. The molecule has 2 rings (SSSR count). The largest absolute Gasteiger partial charge is 0.281 e. The predicted molar refractivity (Wildman–Crippen MR) is 78.6 cm³/mol. The third-order valence-corrected chi connectivity index (χ3v) is 6.77. The van der Waals surface area contributed by atoms with Crippen LogP contribution in [0.15, 0.2) is 0 Å². The summed E-state index contributed by atoms with van der Waals surface area (Å²) in [5.41, 5.74) is 0. The molecule has 1 atom stereocenters. The standard InChI is InChI=1S/C13H25ClN2O2S/c1-15(10-5-9-14)19(17,18)16-11-4-8-13(16)12-6-2-3-7-12/h12-13H,2-11H2,1H3. The number of alkyl halides is 1. The smallest absolute Gasteiger partial charge is 0.195 e. The van der Waals surface area contributed by atoms with Gasteiger partial charge in [0.1, 0.15) is 0 Å². The highest BCUT2D eigenvalue weighted by Crippen LogP contribution is 2.37. The van der Waals surface area contributed by atoms with E-state index in [2.05, 4.69) is 0 Å². The molecular formula is C13H25ClN2O2S. The Morgan fingerprint density at radius 2 is 1.89 bits per heavy atom. The maximum Gasteiger partial charge on any atom is 0.281 e. The van der Waals surface area contributed by atoms with Gasteiger partial charge in [0.2, 0.25) is 0 Å². The van der Waals surface area contributed by atoms with E-state index < -0.39 is 10.2 Å². The van der Waals surface area contributed by atoms with E-state index in [0.717, 1.165) is 12.8 Å². The topological polar surface area (TPSA) is 40.6 Å². The van der Waals surface area contributed by atoms with E-state index in [9.17, 15) is 8.42 Å². The molecule has 0 aromatic rings. The minimum absolute atomic E-state index is 0.242. The first-order chi connectivity index (χ1) is 9.07. The molecule has 0 amide bonds. The number of nitrogens with zero attached hydrogens (tertiary/aromatic N) is 2. The van der Waals surface area contributed by atoms with Gasteiger partial charge in [0.05, 0.1) is 0 Å². The van der Waals surface area contributed by atoms with Crippen LogP contribution in [0.4, 0.5) is 0 Å². The van der Waals surface area contributed by atoms with E-state index >= 15 is 0 Å². The molecular weight excluding hydrogens is 284 g/mol. The first kappa shape index (κ1) is 15.5. The minimum Gasteiger partial charge on any atom is -0.195 e. The molecule has 0 aromatic carbocycles. The van der Waals surface area contributed by atoms with E-state index in [-0.39, 0.29) is 6.04 Å². The van der Waals surface area contributed by atoms with Crippen molar-refractivity contribution in [3.63, 3.8) is 0 Å². The highest BCUT2D eigenvalue weighted by atomic mass is 35.5. The minimum atomic E-state index is -3.29. The zero-order chi connectivity index (χ0) is 13.9. The average molecular weight is 309 g/mol. The van der Waals surface area contributed by atoms with Crippen molar-refractivity contribution in [3.8, 4) is 0 Å². The fraction of sp³-hybridized carbons (Fsp3) is 1.00. The van der Waals surface area contributed by atoms with Gasteiger partial charge in [0.15, 0.2) is 0 Å². The summed E-state index contributed by atoms with van der Waals surface area (Å²) >= 11 is 5.65. The lowest BCUT2D eigenvalue weighted by Gasteiger charge is -2.31. The van der Waals surface area contributed by atoms with Gasteiger partial charge >= 0.3 is 0 Å². The summed E-state index contributed by atoms with van der Waals surface area (Å²) in [4.78, 5) is 0. The van der Waals surface area contributed by atoms with Crippen LogP contribution in [0.3, 0.4) is 0 Å². The molecule has 1 unspecified atom stereocenters.